The number of anilines is 1. The third-order valence-corrected chi connectivity index (χ3v) is 2.92. The van der Waals surface area contributed by atoms with Crippen molar-refractivity contribution < 1.29 is 0 Å². The van der Waals surface area contributed by atoms with Crippen LogP contribution in [0.4, 0.5) is 5.69 Å². The second-order valence-corrected chi connectivity index (χ2v) is 4.04. The second kappa shape index (κ2) is 4.56. The summed E-state index contributed by atoms with van der Waals surface area (Å²) in [5, 5.41) is 0.665. The van der Waals surface area contributed by atoms with E-state index in [2.05, 4.69) is 0 Å². The molecular weight excluding hydrogens is 220 g/mol. The van der Waals surface area contributed by atoms with Gasteiger partial charge in [0, 0.05) is 10.7 Å². The van der Waals surface area contributed by atoms with Crippen LogP contribution in [0.5, 0.6) is 0 Å². The van der Waals surface area contributed by atoms with Gasteiger partial charge in [-0.1, -0.05) is 48.0 Å². The van der Waals surface area contributed by atoms with Crippen molar-refractivity contribution in [1.82, 2.24) is 0 Å². The van der Waals surface area contributed by atoms with E-state index in [1.165, 1.54) is 0 Å². The number of para-hydroxylation sites is 1. The lowest BCUT2D eigenvalue weighted by Gasteiger charge is -2.15. The van der Waals surface area contributed by atoms with E-state index >= 15 is 0 Å². The Balaban J connectivity index is 2.44. The summed E-state index contributed by atoms with van der Waals surface area (Å²) in [5.74, 6) is 0. The lowest BCUT2D eigenvalue weighted by atomic mass is 9.98. The fourth-order valence-corrected chi connectivity index (χ4v) is 1.94. The minimum absolute atomic E-state index is 0.283. The normalized spacial score (nSPS) is 12.4. The fourth-order valence-electron chi connectivity index (χ4n) is 1.69. The average molecular weight is 233 g/mol. The molecular formula is C13H13ClN2. The van der Waals surface area contributed by atoms with Crippen LogP contribution in [0.1, 0.15) is 17.2 Å². The van der Waals surface area contributed by atoms with Crippen LogP contribution in [0, 0.1) is 0 Å². The van der Waals surface area contributed by atoms with Crippen LogP contribution < -0.4 is 11.5 Å². The summed E-state index contributed by atoms with van der Waals surface area (Å²) in [6.07, 6.45) is 0. The highest BCUT2D eigenvalue weighted by Gasteiger charge is 2.13. The highest BCUT2D eigenvalue weighted by Crippen LogP contribution is 2.28. The molecule has 0 radical (unpaired) electrons. The van der Waals surface area contributed by atoms with Gasteiger partial charge in [-0.3, -0.25) is 0 Å². The maximum Gasteiger partial charge on any atom is 0.0586 e. The molecule has 2 aromatic carbocycles. The summed E-state index contributed by atoms with van der Waals surface area (Å²) in [5.41, 5.74) is 14.5. The number of hydrogen-bond acceptors (Lipinski definition) is 2. The van der Waals surface area contributed by atoms with E-state index in [1.54, 1.807) is 0 Å². The van der Waals surface area contributed by atoms with Crippen molar-refractivity contribution in [3.8, 4) is 0 Å². The molecule has 0 bridgehead atoms. The Labute approximate surface area is 99.8 Å². The van der Waals surface area contributed by atoms with Crippen molar-refractivity contribution in [1.29, 1.82) is 0 Å². The Hall–Kier alpha value is -1.51. The molecule has 0 saturated carbocycles. The van der Waals surface area contributed by atoms with Crippen LogP contribution in [-0.4, -0.2) is 0 Å². The van der Waals surface area contributed by atoms with Crippen LogP contribution >= 0.6 is 11.6 Å². The van der Waals surface area contributed by atoms with Gasteiger partial charge in [-0.05, 0) is 23.3 Å². The quantitative estimate of drug-likeness (QED) is 0.783. The lowest BCUT2D eigenvalue weighted by molar-refractivity contribution is 0.875. The highest BCUT2D eigenvalue weighted by atomic mass is 35.5. The van der Waals surface area contributed by atoms with E-state index in [1.807, 2.05) is 48.5 Å². The first-order chi connectivity index (χ1) is 7.70. The summed E-state index contributed by atoms with van der Waals surface area (Å²) >= 11 is 6.10. The van der Waals surface area contributed by atoms with E-state index < -0.39 is 0 Å². The van der Waals surface area contributed by atoms with Crippen LogP contribution in [0.2, 0.25) is 5.02 Å². The SMILES string of the molecule is Nc1ccccc1C(N)c1ccccc1Cl. The molecule has 3 heteroatoms. The number of rotatable bonds is 2. The maximum atomic E-state index is 6.15. The van der Waals surface area contributed by atoms with Crippen LogP contribution in [0.15, 0.2) is 48.5 Å². The third-order valence-electron chi connectivity index (χ3n) is 2.57. The summed E-state index contributed by atoms with van der Waals surface area (Å²) in [6.45, 7) is 0. The van der Waals surface area contributed by atoms with Gasteiger partial charge in [-0.2, -0.15) is 0 Å². The zero-order chi connectivity index (χ0) is 11.5. The predicted molar refractivity (Wildman–Crippen MR) is 68.3 cm³/mol. The largest absolute Gasteiger partial charge is 0.398 e. The second-order valence-electron chi connectivity index (χ2n) is 3.63. The average Bonchev–Trinajstić information content (AvgIpc) is 2.29. The van der Waals surface area contributed by atoms with Crippen molar-refractivity contribution in [2.24, 2.45) is 5.73 Å². The van der Waals surface area contributed by atoms with Crippen molar-refractivity contribution in [2.45, 2.75) is 6.04 Å². The summed E-state index contributed by atoms with van der Waals surface area (Å²) < 4.78 is 0. The van der Waals surface area contributed by atoms with Gasteiger partial charge in [0.1, 0.15) is 0 Å². The molecule has 4 N–H and O–H groups in total. The topological polar surface area (TPSA) is 52.0 Å². The zero-order valence-electron chi connectivity index (χ0n) is 8.73. The Kier molecular flexibility index (Phi) is 3.13. The Morgan fingerprint density at radius 3 is 2.06 bits per heavy atom. The van der Waals surface area contributed by atoms with Crippen molar-refractivity contribution in [2.75, 3.05) is 5.73 Å². The van der Waals surface area contributed by atoms with Gasteiger partial charge in [0.05, 0.1) is 6.04 Å². The third kappa shape index (κ3) is 2.03. The van der Waals surface area contributed by atoms with E-state index in [9.17, 15) is 0 Å². The number of nitrogens with two attached hydrogens (primary N) is 2. The molecule has 0 saturated heterocycles. The lowest BCUT2D eigenvalue weighted by Crippen LogP contribution is -2.14. The zero-order valence-corrected chi connectivity index (χ0v) is 9.48. The molecule has 2 nitrogen and oxygen atoms in total. The molecule has 0 aliphatic rings. The minimum Gasteiger partial charge on any atom is -0.398 e. The van der Waals surface area contributed by atoms with E-state index in [-0.39, 0.29) is 6.04 Å². The molecule has 0 heterocycles. The number of nitrogen functional groups attached to an aromatic ring is 1. The molecule has 1 atom stereocenters. The monoisotopic (exact) mass is 232 g/mol. The molecule has 1 unspecified atom stereocenters. The first-order valence-electron chi connectivity index (χ1n) is 5.04. The van der Waals surface area contributed by atoms with Crippen molar-refractivity contribution in [3.63, 3.8) is 0 Å². The number of hydrogen-bond donors (Lipinski definition) is 2. The number of benzene rings is 2. The Morgan fingerprint density at radius 1 is 0.875 bits per heavy atom. The van der Waals surface area contributed by atoms with Gasteiger partial charge in [-0.15, -0.1) is 0 Å². The van der Waals surface area contributed by atoms with Gasteiger partial charge in [0.15, 0.2) is 0 Å². The standard InChI is InChI=1S/C13H13ClN2/c14-11-7-3-1-5-9(11)13(16)10-6-2-4-8-12(10)15/h1-8,13H,15-16H2. The van der Waals surface area contributed by atoms with Gasteiger partial charge >= 0.3 is 0 Å². The molecule has 0 aliphatic heterocycles. The summed E-state index contributed by atoms with van der Waals surface area (Å²) in [4.78, 5) is 0. The molecule has 0 aliphatic carbocycles. The van der Waals surface area contributed by atoms with Crippen LogP contribution in [0.3, 0.4) is 0 Å². The van der Waals surface area contributed by atoms with E-state index in [0.29, 0.717) is 10.7 Å². The molecule has 0 amide bonds. The maximum absolute atomic E-state index is 6.15. The molecule has 0 aromatic heterocycles. The van der Waals surface area contributed by atoms with Crippen molar-refractivity contribution in [3.05, 3.63) is 64.7 Å². The number of halogens is 1. The highest BCUT2D eigenvalue weighted by molar-refractivity contribution is 6.31. The molecule has 0 spiro atoms. The smallest absolute Gasteiger partial charge is 0.0586 e. The summed E-state index contributed by atoms with van der Waals surface area (Å²) in [7, 11) is 0. The van der Waals surface area contributed by atoms with Gasteiger partial charge in [-0.25, -0.2) is 0 Å². The molecule has 2 aromatic rings. The Bertz CT molecular complexity index is 451. The van der Waals surface area contributed by atoms with Crippen LogP contribution in [0.25, 0.3) is 0 Å². The first kappa shape index (κ1) is 11.0. The van der Waals surface area contributed by atoms with E-state index in [0.717, 1.165) is 11.1 Å². The predicted octanol–water partition coefficient (Wildman–Crippen LogP) is 2.97. The van der Waals surface area contributed by atoms with Crippen molar-refractivity contribution >= 4 is 17.3 Å². The van der Waals surface area contributed by atoms with Gasteiger partial charge in [0.2, 0.25) is 0 Å². The fraction of sp³-hybridized carbons (Fsp3) is 0.0769. The summed E-state index contributed by atoms with van der Waals surface area (Å²) in [6, 6.07) is 14.8. The van der Waals surface area contributed by atoms with Gasteiger partial charge in [0.25, 0.3) is 0 Å². The first-order valence-corrected chi connectivity index (χ1v) is 5.42. The minimum atomic E-state index is -0.283. The van der Waals surface area contributed by atoms with Gasteiger partial charge < -0.3 is 11.5 Å². The van der Waals surface area contributed by atoms with Crippen LogP contribution in [-0.2, 0) is 0 Å². The van der Waals surface area contributed by atoms with E-state index in [4.69, 9.17) is 23.1 Å². The molecule has 82 valence electrons. The molecule has 16 heavy (non-hydrogen) atoms. The molecule has 2 rings (SSSR count). The Morgan fingerprint density at radius 2 is 1.44 bits per heavy atom. The molecule has 0 fully saturated rings.